The number of rotatable bonds is 4. The van der Waals surface area contributed by atoms with E-state index in [1.165, 1.54) is 11.1 Å². The van der Waals surface area contributed by atoms with Gasteiger partial charge in [-0.2, -0.15) is 0 Å². The van der Waals surface area contributed by atoms with E-state index < -0.39 is 5.97 Å². The van der Waals surface area contributed by atoms with E-state index in [2.05, 4.69) is 23.5 Å². The van der Waals surface area contributed by atoms with Crippen LogP contribution in [0.5, 0.6) is 0 Å². The highest BCUT2D eigenvalue weighted by atomic mass is 16.4. The molecular formula is C15H21NO2. The van der Waals surface area contributed by atoms with Crippen molar-refractivity contribution in [1.29, 1.82) is 0 Å². The average molecular weight is 247 g/mol. The molecule has 2 rings (SSSR count). The van der Waals surface area contributed by atoms with Gasteiger partial charge in [0.25, 0.3) is 0 Å². The fourth-order valence-electron chi connectivity index (χ4n) is 2.67. The SMILES string of the molecule is CC(Cc1ccccc1C1CCNCC1)C(=O)O. The lowest BCUT2D eigenvalue weighted by molar-refractivity contribution is -0.141. The fraction of sp³-hybridized carbons (Fsp3) is 0.533. The molecule has 1 unspecified atom stereocenters. The Kier molecular flexibility index (Phi) is 4.37. The smallest absolute Gasteiger partial charge is 0.306 e. The number of carboxylic acid groups (broad SMARTS) is 1. The summed E-state index contributed by atoms with van der Waals surface area (Å²) in [5, 5.41) is 12.4. The number of carboxylic acids is 1. The molecule has 1 atom stereocenters. The van der Waals surface area contributed by atoms with E-state index >= 15 is 0 Å². The first-order chi connectivity index (χ1) is 8.68. The van der Waals surface area contributed by atoms with Crippen LogP contribution in [-0.2, 0) is 11.2 Å². The van der Waals surface area contributed by atoms with Gasteiger partial charge >= 0.3 is 5.97 Å². The van der Waals surface area contributed by atoms with E-state index in [1.807, 2.05) is 6.07 Å². The molecule has 1 aromatic carbocycles. The van der Waals surface area contributed by atoms with E-state index in [1.54, 1.807) is 6.92 Å². The summed E-state index contributed by atoms with van der Waals surface area (Å²) in [6.07, 6.45) is 2.94. The Balaban J connectivity index is 2.16. The summed E-state index contributed by atoms with van der Waals surface area (Å²) in [6, 6.07) is 8.32. The monoisotopic (exact) mass is 247 g/mol. The largest absolute Gasteiger partial charge is 0.481 e. The first-order valence-electron chi connectivity index (χ1n) is 6.70. The minimum absolute atomic E-state index is 0.312. The van der Waals surface area contributed by atoms with Crippen molar-refractivity contribution < 1.29 is 9.90 Å². The predicted molar refractivity (Wildman–Crippen MR) is 71.8 cm³/mol. The van der Waals surface area contributed by atoms with Crippen LogP contribution in [0.2, 0.25) is 0 Å². The molecule has 3 heteroatoms. The number of benzene rings is 1. The van der Waals surface area contributed by atoms with Crippen LogP contribution in [0.3, 0.4) is 0 Å². The van der Waals surface area contributed by atoms with Gasteiger partial charge in [-0.1, -0.05) is 31.2 Å². The summed E-state index contributed by atoms with van der Waals surface area (Å²) >= 11 is 0. The van der Waals surface area contributed by atoms with Crippen LogP contribution in [0.25, 0.3) is 0 Å². The lowest BCUT2D eigenvalue weighted by atomic mass is 9.84. The lowest BCUT2D eigenvalue weighted by Gasteiger charge is -2.25. The van der Waals surface area contributed by atoms with Crippen LogP contribution in [0.15, 0.2) is 24.3 Å². The zero-order valence-electron chi connectivity index (χ0n) is 10.9. The van der Waals surface area contributed by atoms with Gasteiger partial charge in [-0.3, -0.25) is 4.79 Å². The van der Waals surface area contributed by atoms with Gasteiger partial charge in [0.05, 0.1) is 5.92 Å². The number of carbonyl (C=O) groups is 1. The normalized spacial score (nSPS) is 18.5. The molecule has 0 bridgehead atoms. The van der Waals surface area contributed by atoms with Gasteiger partial charge in [-0.15, -0.1) is 0 Å². The molecule has 1 aliphatic heterocycles. The Labute approximate surface area is 108 Å². The molecule has 3 nitrogen and oxygen atoms in total. The first kappa shape index (κ1) is 13.1. The second-order valence-corrected chi connectivity index (χ2v) is 5.17. The Morgan fingerprint density at radius 1 is 1.39 bits per heavy atom. The van der Waals surface area contributed by atoms with Gasteiger partial charge in [0.1, 0.15) is 0 Å². The van der Waals surface area contributed by atoms with E-state index in [4.69, 9.17) is 5.11 Å². The Morgan fingerprint density at radius 3 is 2.72 bits per heavy atom. The molecule has 0 aromatic heterocycles. The number of hydrogen-bond donors (Lipinski definition) is 2. The van der Waals surface area contributed by atoms with Crippen LogP contribution in [0.1, 0.15) is 36.8 Å². The third-order valence-corrected chi connectivity index (χ3v) is 3.78. The van der Waals surface area contributed by atoms with E-state index in [-0.39, 0.29) is 5.92 Å². The van der Waals surface area contributed by atoms with Gasteiger partial charge in [0, 0.05) is 0 Å². The molecule has 0 radical (unpaired) electrons. The van der Waals surface area contributed by atoms with Crippen molar-refractivity contribution in [3.63, 3.8) is 0 Å². The molecule has 0 aliphatic carbocycles. The van der Waals surface area contributed by atoms with Gasteiger partial charge in [0.15, 0.2) is 0 Å². The van der Waals surface area contributed by atoms with Gasteiger partial charge in [0.2, 0.25) is 0 Å². The van der Waals surface area contributed by atoms with Crippen LogP contribution in [0, 0.1) is 5.92 Å². The maximum absolute atomic E-state index is 11.0. The molecular weight excluding hydrogens is 226 g/mol. The van der Waals surface area contributed by atoms with Crippen molar-refractivity contribution in [1.82, 2.24) is 5.32 Å². The zero-order valence-corrected chi connectivity index (χ0v) is 10.9. The molecule has 1 fully saturated rings. The molecule has 1 heterocycles. The van der Waals surface area contributed by atoms with Gasteiger partial charge < -0.3 is 10.4 Å². The third kappa shape index (κ3) is 3.10. The van der Waals surface area contributed by atoms with Crippen LogP contribution < -0.4 is 5.32 Å². The summed E-state index contributed by atoms with van der Waals surface area (Å²) in [4.78, 5) is 11.0. The number of hydrogen-bond acceptors (Lipinski definition) is 2. The van der Waals surface area contributed by atoms with Gasteiger partial charge in [-0.25, -0.2) is 0 Å². The second kappa shape index (κ2) is 6.01. The highest BCUT2D eigenvalue weighted by Gasteiger charge is 2.20. The van der Waals surface area contributed by atoms with E-state index in [0.717, 1.165) is 25.9 Å². The highest BCUT2D eigenvalue weighted by molar-refractivity contribution is 5.70. The zero-order chi connectivity index (χ0) is 13.0. The maximum atomic E-state index is 11.0. The summed E-state index contributed by atoms with van der Waals surface area (Å²) in [5.41, 5.74) is 2.56. The molecule has 98 valence electrons. The molecule has 1 aliphatic rings. The fourth-order valence-corrected chi connectivity index (χ4v) is 2.67. The van der Waals surface area contributed by atoms with Crippen molar-refractivity contribution in [3.05, 3.63) is 35.4 Å². The van der Waals surface area contributed by atoms with Gasteiger partial charge in [-0.05, 0) is 49.4 Å². The molecule has 2 N–H and O–H groups in total. The minimum atomic E-state index is -0.713. The highest BCUT2D eigenvalue weighted by Crippen LogP contribution is 2.29. The predicted octanol–water partition coefficient (Wildman–Crippen LogP) is 2.42. The Bertz CT molecular complexity index is 411. The second-order valence-electron chi connectivity index (χ2n) is 5.17. The average Bonchev–Trinajstić information content (AvgIpc) is 2.40. The molecule has 0 saturated carbocycles. The standard InChI is InChI=1S/C15H21NO2/c1-11(15(17)18)10-13-4-2-3-5-14(13)12-6-8-16-9-7-12/h2-5,11-12,16H,6-10H2,1H3,(H,17,18). The molecule has 1 aromatic rings. The summed E-state index contributed by atoms with van der Waals surface area (Å²) in [6.45, 7) is 3.91. The molecule has 0 spiro atoms. The third-order valence-electron chi connectivity index (χ3n) is 3.78. The molecule has 0 amide bonds. The summed E-state index contributed by atoms with van der Waals surface area (Å²) < 4.78 is 0. The Morgan fingerprint density at radius 2 is 2.06 bits per heavy atom. The maximum Gasteiger partial charge on any atom is 0.306 e. The molecule has 18 heavy (non-hydrogen) atoms. The van der Waals surface area contributed by atoms with Crippen molar-refractivity contribution >= 4 is 5.97 Å². The summed E-state index contributed by atoms with van der Waals surface area (Å²) in [7, 11) is 0. The lowest BCUT2D eigenvalue weighted by Crippen LogP contribution is -2.27. The van der Waals surface area contributed by atoms with Crippen LogP contribution in [0.4, 0.5) is 0 Å². The van der Waals surface area contributed by atoms with Crippen LogP contribution >= 0.6 is 0 Å². The van der Waals surface area contributed by atoms with Crippen molar-refractivity contribution in [2.24, 2.45) is 5.92 Å². The van der Waals surface area contributed by atoms with Crippen molar-refractivity contribution in [2.75, 3.05) is 13.1 Å². The quantitative estimate of drug-likeness (QED) is 0.859. The van der Waals surface area contributed by atoms with E-state index in [0.29, 0.717) is 12.3 Å². The summed E-state index contributed by atoms with van der Waals surface area (Å²) in [5.74, 6) is -0.438. The number of piperidine rings is 1. The Hall–Kier alpha value is -1.35. The van der Waals surface area contributed by atoms with Crippen LogP contribution in [-0.4, -0.2) is 24.2 Å². The minimum Gasteiger partial charge on any atom is -0.481 e. The molecule has 1 saturated heterocycles. The van der Waals surface area contributed by atoms with E-state index in [9.17, 15) is 4.79 Å². The van der Waals surface area contributed by atoms with Crippen molar-refractivity contribution in [3.8, 4) is 0 Å². The first-order valence-corrected chi connectivity index (χ1v) is 6.70. The number of aliphatic carboxylic acids is 1. The van der Waals surface area contributed by atoms with Crippen molar-refractivity contribution in [2.45, 2.75) is 32.1 Å². The number of nitrogens with one attached hydrogen (secondary N) is 1. The topological polar surface area (TPSA) is 49.3 Å².